The molecule has 152 valence electrons. The maximum absolute atomic E-state index is 11.6. The SMILES string of the molecule is CCCCCCCCCCCCCCCC(=O)NCCCNC(=O)C=O. The van der Waals surface area contributed by atoms with E-state index in [9.17, 15) is 14.4 Å². The summed E-state index contributed by atoms with van der Waals surface area (Å²) in [4.78, 5) is 32.4. The van der Waals surface area contributed by atoms with Gasteiger partial charge in [0, 0.05) is 19.5 Å². The Labute approximate surface area is 160 Å². The normalized spacial score (nSPS) is 10.5. The Morgan fingerprint density at radius 2 is 1.12 bits per heavy atom. The molecule has 0 aromatic rings. The maximum atomic E-state index is 11.6. The summed E-state index contributed by atoms with van der Waals surface area (Å²) in [6.45, 7) is 3.21. The number of hydrogen-bond donors (Lipinski definition) is 2. The molecule has 0 aromatic heterocycles. The minimum atomic E-state index is -0.608. The first-order valence-electron chi connectivity index (χ1n) is 10.7. The third-order valence-corrected chi connectivity index (χ3v) is 4.59. The zero-order chi connectivity index (χ0) is 19.3. The Bertz CT molecular complexity index is 359. The molecule has 0 saturated heterocycles. The van der Waals surface area contributed by atoms with Crippen molar-refractivity contribution < 1.29 is 14.4 Å². The maximum Gasteiger partial charge on any atom is 0.284 e. The zero-order valence-corrected chi connectivity index (χ0v) is 16.8. The van der Waals surface area contributed by atoms with Crippen molar-refractivity contribution in [2.24, 2.45) is 0 Å². The molecule has 0 aliphatic heterocycles. The second-order valence-electron chi connectivity index (χ2n) is 7.11. The summed E-state index contributed by atoms with van der Waals surface area (Å²) in [5, 5.41) is 5.28. The lowest BCUT2D eigenvalue weighted by molar-refractivity contribution is -0.131. The predicted molar refractivity (Wildman–Crippen MR) is 107 cm³/mol. The van der Waals surface area contributed by atoms with Crippen molar-refractivity contribution in [2.75, 3.05) is 13.1 Å². The number of amides is 2. The fourth-order valence-electron chi connectivity index (χ4n) is 2.96. The number of carbonyl (C=O) groups excluding carboxylic acids is 3. The molecule has 0 aliphatic carbocycles. The summed E-state index contributed by atoms with van der Waals surface area (Å²) in [6, 6.07) is 0. The number of nitrogens with one attached hydrogen (secondary N) is 2. The Balaban J connectivity index is 3.18. The minimum absolute atomic E-state index is 0.0785. The molecule has 0 atom stereocenters. The molecular weight excluding hydrogens is 328 g/mol. The van der Waals surface area contributed by atoms with Gasteiger partial charge in [0.1, 0.15) is 0 Å². The molecular formula is C21H40N2O3. The van der Waals surface area contributed by atoms with Crippen LogP contribution in [0.15, 0.2) is 0 Å². The lowest BCUT2D eigenvalue weighted by Gasteiger charge is -2.06. The average molecular weight is 369 g/mol. The topological polar surface area (TPSA) is 75.3 Å². The van der Waals surface area contributed by atoms with Gasteiger partial charge in [0.25, 0.3) is 5.91 Å². The van der Waals surface area contributed by atoms with Gasteiger partial charge in [-0.15, -0.1) is 0 Å². The van der Waals surface area contributed by atoms with E-state index in [1.165, 1.54) is 70.6 Å². The van der Waals surface area contributed by atoms with Crippen LogP contribution in [0.4, 0.5) is 0 Å². The fraction of sp³-hybridized carbons (Fsp3) is 0.857. The summed E-state index contributed by atoms with van der Waals surface area (Å²) in [5.74, 6) is -0.530. The molecule has 2 amide bonds. The highest BCUT2D eigenvalue weighted by Gasteiger charge is 2.01. The molecule has 0 bridgehead atoms. The van der Waals surface area contributed by atoms with Crippen molar-refractivity contribution in [1.82, 2.24) is 10.6 Å². The second kappa shape index (κ2) is 19.9. The Kier molecular flexibility index (Phi) is 18.9. The Hall–Kier alpha value is -1.39. The smallest absolute Gasteiger partial charge is 0.284 e. The third kappa shape index (κ3) is 18.9. The van der Waals surface area contributed by atoms with Crippen molar-refractivity contribution in [3.8, 4) is 0 Å². The lowest BCUT2D eigenvalue weighted by Crippen LogP contribution is -2.30. The first-order chi connectivity index (χ1) is 12.7. The van der Waals surface area contributed by atoms with E-state index >= 15 is 0 Å². The molecule has 0 rings (SSSR count). The van der Waals surface area contributed by atoms with Crippen LogP contribution in [-0.2, 0) is 14.4 Å². The molecule has 0 aliphatic rings. The molecule has 0 heterocycles. The standard InChI is InChI=1S/C21H40N2O3/c1-2-3-4-5-6-7-8-9-10-11-12-13-14-16-20(25)22-17-15-18-23-21(26)19-24/h19H,2-18H2,1H3,(H,22,25)(H,23,26). The van der Waals surface area contributed by atoms with Gasteiger partial charge in [-0.3, -0.25) is 14.4 Å². The van der Waals surface area contributed by atoms with Crippen molar-refractivity contribution in [2.45, 2.75) is 103 Å². The summed E-state index contributed by atoms with van der Waals surface area (Å²) >= 11 is 0. The van der Waals surface area contributed by atoms with Gasteiger partial charge in [-0.05, 0) is 12.8 Å². The predicted octanol–water partition coefficient (Wildman–Crippen LogP) is 4.29. The molecule has 0 spiro atoms. The van der Waals surface area contributed by atoms with Gasteiger partial charge in [-0.25, -0.2) is 0 Å². The van der Waals surface area contributed by atoms with E-state index in [-0.39, 0.29) is 12.2 Å². The van der Waals surface area contributed by atoms with E-state index in [0.29, 0.717) is 25.9 Å². The monoisotopic (exact) mass is 368 g/mol. The minimum Gasteiger partial charge on any atom is -0.356 e. The van der Waals surface area contributed by atoms with Gasteiger partial charge < -0.3 is 10.6 Å². The van der Waals surface area contributed by atoms with Crippen molar-refractivity contribution in [3.63, 3.8) is 0 Å². The largest absolute Gasteiger partial charge is 0.356 e. The van der Waals surface area contributed by atoms with E-state index < -0.39 is 5.91 Å². The highest BCUT2D eigenvalue weighted by molar-refractivity contribution is 6.23. The summed E-state index contributed by atoms with van der Waals surface area (Å²) in [5.41, 5.74) is 0. The molecule has 5 nitrogen and oxygen atoms in total. The van der Waals surface area contributed by atoms with Gasteiger partial charge in [-0.1, -0.05) is 84.0 Å². The van der Waals surface area contributed by atoms with Gasteiger partial charge in [0.05, 0.1) is 0 Å². The quantitative estimate of drug-likeness (QED) is 0.203. The first kappa shape index (κ1) is 24.6. The number of unbranched alkanes of at least 4 members (excludes halogenated alkanes) is 12. The number of aldehydes is 1. The molecule has 0 saturated carbocycles. The van der Waals surface area contributed by atoms with E-state index in [4.69, 9.17) is 0 Å². The van der Waals surface area contributed by atoms with Crippen LogP contribution >= 0.6 is 0 Å². The Morgan fingerprint density at radius 3 is 1.62 bits per heavy atom. The van der Waals surface area contributed by atoms with Gasteiger partial charge in [0.15, 0.2) is 0 Å². The van der Waals surface area contributed by atoms with Crippen LogP contribution in [0.2, 0.25) is 0 Å². The van der Waals surface area contributed by atoms with E-state index in [2.05, 4.69) is 17.6 Å². The average Bonchev–Trinajstić information content (AvgIpc) is 2.65. The molecule has 0 fully saturated rings. The van der Waals surface area contributed by atoms with Crippen LogP contribution in [0.1, 0.15) is 103 Å². The van der Waals surface area contributed by atoms with Gasteiger partial charge >= 0.3 is 0 Å². The lowest BCUT2D eigenvalue weighted by atomic mass is 10.0. The molecule has 2 N–H and O–H groups in total. The van der Waals surface area contributed by atoms with Crippen LogP contribution in [-0.4, -0.2) is 31.2 Å². The van der Waals surface area contributed by atoms with E-state index in [1.54, 1.807) is 0 Å². The summed E-state index contributed by atoms with van der Waals surface area (Å²) in [7, 11) is 0. The second-order valence-corrected chi connectivity index (χ2v) is 7.11. The zero-order valence-electron chi connectivity index (χ0n) is 16.8. The van der Waals surface area contributed by atoms with Crippen molar-refractivity contribution in [1.29, 1.82) is 0 Å². The third-order valence-electron chi connectivity index (χ3n) is 4.59. The van der Waals surface area contributed by atoms with Crippen LogP contribution < -0.4 is 10.6 Å². The number of rotatable bonds is 19. The first-order valence-corrected chi connectivity index (χ1v) is 10.7. The van der Waals surface area contributed by atoms with Crippen molar-refractivity contribution >= 4 is 18.1 Å². The van der Waals surface area contributed by atoms with Gasteiger partial charge in [0.2, 0.25) is 12.2 Å². The highest BCUT2D eigenvalue weighted by atomic mass is 16.2. The number of hydrogen-bond acceptors (Lipinski definition) is 3. The molecule has 0 radical (unpaired) electrons. The number of carbonyl (C=O) groups is 3. The van der Waals surface area contributed by atoms with Gasteiger partial charge in [-0.2, -0.15) is 0 Å². The summed E-state index contributed by atoms with van der Waals surface area (Å²) < 4.78 is 0. The molecule has 0 unspecified atom stereocenters. The van der Waals surface area contributed by atoms with Crippen LogP contribution in [0.25, 0.3) is 0 Å². The molecule has 0 aromatic carbocycles. The van der Waals surface area contributed by atoms with Crippen LogP contribution in [0.5, 0.6) is 0 Å². The summed E-state index contributed by atoms with van der Waals surface area (Å²) in [6.07, 6.45) is 18.4. The van der Waals surface area contributed by atoms with Crippen molar-refractivity contribution in [3.05, 3.63) is 0 Å². The van der Waals surface area contributed by atoms with Crippen LogP contribution in [0.3, 0.4) is 0 Å². The van der Waals surface area contributed by atoms with E-state index in [1.807, 2.05) is 0 Å². The fourth-order valence-corrected chi connectivity index (χ4v) is 2.96. The highest BCUT2D eigenvalue weighted by Crippen LogP contribution is 2.12. The van der Waals surface area contributed by atoms with Crippen LogP contribution in [0, 0.1) is 0 Å². The molecule has 26 heavy (non-hydrogen) atoms. The van der Waals surface area contributed by atoms with E-state index in [0.717, 1.165) is 12.8 Å². The Morgan fingerprint density at radius 1 is 0.654 bits per heavy atom. The molecule has 5 heteroatoms.